The molecule has 1 amide bonds. The summed E-state index contributed by atoms with van der Waals surface area (Å²) in [6.45, 7) is 4.35. The van der Waals surface area contributed by atoms with E-state index in [1.54, 1.807) is 18.0 Å². The van der Waals surface area contributed by atoms with Crippen molar-refractivity contribution < 1.29 is 14.3 Å². The number of carbonyl (C=O) groups excluding carboxylic acids is 1. The highest BCUT2D eigenvalue weighted by Crippen LogP contribution is 2.30. The van der Waals surface area contributed by atoms with E-state index in [0.29, 0.717) is 30.3 Å². The Labute approximate surface area is 143 Å². The number of carbonyl (C=O) groups is 1. The number of morpholine rings is 1. The average molecular weight is 336 g/mol. The van der Waals surface area contributed by atoms with E-state index in [0.717, 1.165) is 26.2 Å². The van der Waals surface area contributed by atoms with Crippen molar-refractivity contribution in [3.8, 4) is 0 Å². The molecule has 1 atom stereocenters. The fourth-order valence-electron chi connectivity index (χ4n) is 3.20. The highest BCUT2D eigenvalue weighted by molar-refractivity contribution is 5.95. The van der Waals surface area contributed by atoms with E-state index in [2.05, 4.69) is 17.0 Å². The van der Waals surface area contributed by atoms with E-state index in [1.807, 2.05) is 11.9 Å². The number of ether oxygens (including phenoxy) is 2. The standard InChI is InChI=1S/C17H28N4O3/c1-19-6-7-24-14(9-19)10-21(8-13-4-5-13)17(22)15-11-20(2)18-16(15)12-23-3/h11,13-14H,4-10,12H2,1-3H3. The third kappa shape index (κ3) is 4.34. The topological polar surface area (TPSA) is 59.8 Å². The van der Waals surface area contributed by atoms with Crippen LogP contribution in [-0.4, -0.2) is 78.5 Å². The fourth-order valence-corrected chi connectivity index (χ4v) is 3.20. The first kappa shape index (κ1) is 17.4. The normalized spacial score (nSPS) is 21.9. The van der Waals surface area contributed by atoms with Crippen molar-refractivity contribution in [1.29, 1.82) is 0 Å². The number of aromatic nitrogens is 2. The minimum atomic E-state index is 0.0406. The molecule has 1 aromatic rings. The maximum absolute atomic E-state index is 13.1. The summed E-state index contributed by atoms with van der Waals surface area (Å²) >= 11 is 0. The minimum absolute atomic E-state index is 0.0406. The molecule has 1 aromatic heterocycles. The van der Waals surface area contributed by atoms with Gasteiger partial charge in [-0.3, -0.25) is 9.48 Å². The highest BCUT2D eigenvalue weighted by Gasteiger charge is 2.31. The molecule has 3 rings (SSSR count). The van der Waals surface area contributed by atoms with Crippen molar-refractivity contribution >= 4 is 5.91 Å². The van der Waals surface area contributed by atoms with Crippen molar-refractivity contribution in [2.45, 2.75) is 25.6 Å². The van der Waals surface area contributed by atoms with Gasteiger partial charge in [0.1, 0.15) is 5.69 Å². The van der Waals surface area contributed by atoms with Crippen molar-refractivity contribution in [2.24, 2.45) is 13.0 Å². The Morgan fingerprint density at radius 2 is 2.21 bits per heavy atom. The van der Waals surface area contributed by atoms with Crippen LogP contribution in [0.2, 0.25) is 0 Å². The first-order valence-corrected chi connectivity index (χ1v) is 8.67. The van der Waals surface area contributed by atoms with Crippen molar-refractivity contribution in [2.75, 3.05) is 46.9 Å². The van der Waals surface area contributed by atoms with E-state index < -0.39 is 0 Å². The van der Waals surface area contributed by atoms with E-state index in [9.17, 15) is 4.79 Å². The van der Waals surface area contributed by atoms with Crippen LogP contribution >= 0.6 is 0 Å². The number of hydrogen-bond donors (Lipinski definition) is 0. The van der Waals surface area contributed by atoms with Gasteiger partial charge in [0, 0.05) is 46.5 Å². The molecule has 2 heterocycles. The van der Waals surface area contributed by atoms with Crippen LogP contribution in [0, 0.1) is 5.92 Å². The Bertz CT molecular complexity index is 570. The first-order chi connectivity index (χ1) is 11.6. The molecule has 0 N–H and O–H groups in total. The number of aryl methyl sites for hydroxylation is 1. The molecule has 24 heavy (non-hydrogen) atoms. The summed E-state index contributed by atoms with van der Waals surface area (Å²) in [6, 6.07) is 0. The molecule has 1 aliphatic heterocycles. The molecular weight excluding hydrogens is 308 g/mol. The van der Waals surface area contributed by atoms with Crippen molar-refractivity contribution in [3.63, 3.8) is 0 Å². The quantitative estimate of drug-likeness (QED) is 0.735. The van der Waals surface area contributed by atoms with Gasteiger partial charge in [0.2, 0.25) is 0 Å². The predicted octanol–water partition coefficient (Wildman–Crippen LogP) is 0.749. The third-order valence-corrected chi connectivity index (χ3v) is 4.65. The summed E-state index contributed by atoms with van der Waals surface area (Å²) in [7, 11) is 5.55. The Kier molecular flexibility index (Phi) is 5.53. The number of rotatable bonds is 7. The largest absolute Gasteiger partial charge is 0.378 e. The van der Waals surface area contributed by atoms with Crippen LogP contribution in [0.5, 0.6) is 0 Å². The van der Waals surface area contributed by atoms with Crippen LogP contribution in [0.15, 0.2) is 6.20 Å². The van der Waals surface area contributed by atoms with E-state index in [1.165, 1.54) is 12.8 Å². The van der Waals surface area contributed by atoms with E-state index in [4.69, 9.17) is 9.47 Å². The lowest BCUT2D eigenvalue weighted by molar-refractivity contribution is -0.0331. The molecule has 1 saturated heterocycles. The van der Waals surface area contributed by atoms with Gasteiger partial charge in [0.05, 0.1) is 24.9 Å². The number of amides is 1. The van der Waals surface area contributed by atoms with Crippen LogP contribution in [0.4, 0.5) is 0 Å². The molecule has 1 aliphatic carbocycles. The molecule has 0 bridgehead atoms. The van der Waals surface area contributed by atoms with Crippen LogP contribution in [0.25, 0.3) is 0 Å². The average Bonchev–Trinajstić information content (AvgIpc) is 3.28. The number of likely N-dealkylation sites (N-methyl/N-ethyl adjacent to an activating group) is 1. The lowest BCUT2D eigenvalue weighted by Crippen LogP contribution is -2.48. The SMILES string of the molecule is COCc1nn(C)cc1C(=O)N(CC1CC1)CC1CN(C)CCO1. The Morgan fingerprint density at radius 1 is 1.42 bits per heavy atom. The fraction of sp³-hybridized carbons (Fsp3) is 0.765. The summed E-state index contributed by atoms with van der Waals surface area (Å²) in [5.74, 6) is 0.677. The van der Waals surface area contributed by atoms with Gasteiger partial charge < -0.3 is 19.3 Å². The molecule has 1 unspecified atom stereocenters. The molecule has 7 heteroatoms. The van der Waals surface area contributed by atoms with Gasteiger partial charge in [-0.2, -0.15) is 5.10 Å². The second-order valence-electron chi connectivity index (χ2n) is 7.00. The van der Waals surface area contributed by atoms with Gasteiger partial charge in [0.25, 0.3) is 5.91 Å². The second-order valence-corrected chi connectivity index (χ2v) is 7.00. The number of hydrogen-bond acceptors (Lipinski definition) is 5. The molecule has 2 aliphatic rings. The molecule has 2 fully saturated rings. The lowest BCUT2D eigenvalue weighted by Gasteiger charge is -2.34. The summed E-state index contributed by atoms with van der Waals surface area (Å²) in [4.78, 5) is 17.3. The summed E-state index contributed by atoms with van der Waals surface area (Å²) in [5, 5.41) is 4.36. The zero-order valence-corrected chi connectivity index (χ0v) is 14.9. The third-order valence-electron chi connectivity index (χ3n) is 4.65. The Morgan fingerprint density at radius 3 is 2.88 bits per heavy atom. The van der Waals surface area contributed by atoms with Crippen LogP contribution in [-0.2, 0) is 23.1 Å². The summed E-state index contributed by atoms with van der Waals surface area (Å²) in [6.07, 6.45) is 4.30. The molecular formula is C17H28N4O3. The smallest absolute Gasteiger partial charge is 0.257 e. The van der Waals surface area contributed by atoms with Gasteiger partial charge in [-0.25, -0.2) is 0 Å². The van der Waals surface area contributed by atoms with Gasteiger partial charge in [-0.15, -0.1) is 0 Å². The molecule has 7 nitrogen and oxygen atoms in total. The highest BCUT2D eigenvalue weighted by atomic mass is 16.5. The number of nitrogens with zero attached hydrogens (tertiary/aromatic N) is 4. The lowest BCUT2D eigenvalue weighted by atomic mass is 10.2. The van der Waals surface area contributed by atoms with Crippen LogP contribution in [0.1, 0.15) is 28.9 Å². The van der Waals surface area contributed by atoms with Gasteiger partial charge >= 0.3 is 0 Å². The maximum atomic E-state index is 13.1. The van der Waals surface area contributed by atoms with Crippen LogP contribution < -0.4 is 0 Å². The van der Waals surface area contributed by atoms with Gasteiger partial charge in [0.15, 0.2) is 0 Å². The summed E-state index contributed by atoms with van der Waals surface area (Å²) < 4.78 is 12.7. The summed E-state index contributed by atoms with van der Waals surface area (Å²) in [5.41, 5.74) is 1.34. The Balaban J connectivity index is 1.73. The molecule has 0 radical (unpaired) electrons. The monoisotopic (exact) mass is 336 g/mol. The molecule has 0 spiro atoms. The Hall–Kier alpha value is -1.44. The zero-order chi connectivity index (χ0) is 17.1. The van der Waals surface area contributed by atoms with Gasteiger partial charge in [-0.05, 0) is 25.8 Å². The van der Waals surface area contributed by atoms with E-state index >= 15 is 0 Å². The first-order valence-electron chi connectivity index (χ1n) is 8.67. The zero-order valence-electron chi connectivity index (χ0n) is 14.9. The maximum Gasteiger partial charge on any atom is 0.257 e. The molecule has 1 saturated carbocycles. The van der Waals surface area contributed by atoms with Gasteiger partial charge in [-0.1, -0.05) is 0 Å². The molecule has 0 aromatic carbocycles. The van der Waals surface area contributed by atoms with Crippen molar-refractivity contribution in [3.05, 3.63) is 17.5 Å². The van der Waals surface area contributed by atoms with E-state index in [-0.39, 0.29) is 12.0 Å². The number of methoxy groups -OCH3 is 1. The second kappa shape index (κ2) is 7.63. The predicted molar refractivity (Wildman–Crippen MR) is 89.8 cm³/mol. The van der Waals surface area contributed by atoms with Crippen LogP contribution in [0.3, 0.4) is 0 Å². The molecule has 134 valence electrons. The minimum Gasteiger partial charge on any atom is -0.378 e. The van der Waals surface area contributed by atoms with Crippen molar-refractivity contribution in [1.82, 2.24) is 19.6 Å².